The Balaban J connectivity index is 1.66. The first-order chi connectivity index (χ1) is 12.7. The zero-order chi connectivity index (χ0) is 17.9. The van der Waals surface area contributed by atoms with Gasteiger partial charge in [-0.1, -0.05) is 41.0 Å². The number of halogens is 1. The second kappa shape index (κ2) is 6.93. The highest BCUT2D eigenvalue weighted by atomic mass is 35.5. The number of para-hydroxylation sites is 3. The molecule has 0 spiro atoms. The molecule has 4 aromatic rings. The maximum absolute atomic E-state index is 6.33. The predicted molar refractivity (Wildman–Crippen MR) is 99.5 cm³/mol. The lowest BCUT2D eigenvalue weighted by Crippen LogP contribution is -1.89. The first-order valence-corrected chi connectivity index (χ1v) is 8.19. The number of fused-ring (bicyclic) bond motifs is 1. The van der Waals surface area contributed by atoms with Gasteiger partial charge in [-0.15, -0.1) is 0 Å². The second-order valence-corrected chi connectivity index (χ2v) is 5.81. The molecule has 0 fully saturated rings. The fourth-order valence-electron chi connectivity index (χ4n) is 2.49. The van der Waals surface area contributed by atoms with E-state index in [-0.39, 0.29) is 10.9 Å². The highest BCUT2D eigenvalue weighted by Gasteiger charge is 2.15. The van der Waals surface area contributed by atoms with Gasteiger partial charge in [0.05, 0.1) is 35.6 Å². The largest absolute Gasteiger partial charge is 0.496 e. The van der Waals surface area contributed by atoms with Gasteiger partial charge in [-0.2, -0.15) is 4.98 Å². The minimum absolute atomic E-state index is 0.197. The molecule has 0 aliphatic heterocycles. The lowest BCUT2D eigenvalue weighted by Gasteiger charge is -2.02. The quantitative estimate of drug-likeness (QED) is 0.533. The molecule has 0 aliphatic rings. The third-order valence-electron chi connectivity index (χ3n) is 3.72. The van der Waals surface area contributed by atoms with Crippen molar-refractivity contribution in [3.63, 3.8) is 0 Å². The van der Waals surface area contributed by atoms with Crippen LogP contribution in [0.2, 0.25) is 0 Å². The number of ether oxygens (including phenoxy) is 1. The molecule has 4 rings (SSSR count). The molecule has 26 heavy (non-hydrogen) atoms. The Labute approximate surface area is 154 Å². The number of benzene rings is 2. The summed E-state index contributed by atoms with van der Waals surface area (Å²) in [7, 11) is 1.59. The van der Waals surface area contributed by atoms with Crippen molar-refractivity contribution in [2.75, 3.05) is 7.11 Å². The van der Waals surface area contributed by atoms with Crippen LogP contribution in [0.3, 0.4) is 0 Å². The van der Waals surface area contributed by atoms with Crippen molar-refractivity contribution >= 4 is 33.7 Å². The Morgan fingerprint density at radius 3 is 2.65 bits per heavy atom. The van der Waals surface area contributed by atoms with E-state index in [1.807, 2.05) is 48.5 Å². The summed E-state index contributed by atoms with van der Waals surface area (Å²) < 4.78 is 10.6. The molecule has 2 aromatic heterocycles. The van der Waals surface area contributed by atoms with E-state index in [1.54, 1.807) is 19.4 Å². The number of nitrogens with zero attached hydrogens (tertiary/aromatic N) is 4. The van der Waals surface area contributed by atoms with Gasteiger partial charge in [-0.05, 0) is 30.3 Å². The lowest BCUT2D eigenvalue weighted by atomic mass is 10.2. The van der Waals surface area contributed by atoms with Crippen LogP contribution in [0.1, 0.15) is 11.6 Å². The molecule has 2 heterocycles. The topological polar surface area (TPSA) is 73.9 Å². The van der Waals surface area contributed by atoms with Gasteiger partial charge >= 0.3 is 0 Å². The summed E-state index contributed by atoms with van der Waals surface area (Å²) in [5.74, 6) is 1.25. The van der Waals surface area contributed by atoms with Crippen LogP contribution < -0.4 is 4.74 Å². The fraction of sp³-hybridized carbons (Fsp3) is 0.0526. The first kappa shape index (κ1) is 16.2. The first-order valence-electron chi connectivity index (χ1n) is 7.81. The third kappa shape index (κ3) is 3.14. The fourth-order valence-corrected chi connectivity index (χ4v) is 2.68. The summed E-state index contributed by atoms with van der Waals surface area (Å²) >= 11 is 6.33. The SMILES string of the molecule is COc1ccccc1-c1noc(/C(Cl)=C/c2cnc3ccccc3n2)n1. The van der Waals surface area contributed by atoms with Crippen LogP contribution in [0, 0.1) is 0 Å². The van der Waals surface area contributed by atoms with E-state index in [1.165, 1.54) is 0 Å². The Bertz CT molecular complexity index is 1110. The molecule has 2 aromatic carbocycles. The maximum atomic E-state index is 6.33. The molecule has 6 nitrogen and oxygen atoms in total. The number of methoxy groups -OCH3 is 1. The van der Waals surface area contributed by atoms with E-state index in [0.717, 1.165) is 16.6 Å². The summed E-state index contributed by atoms with van der Waals surface area (Å²) in [6.07, 6.45) is 3.28. The van der Waals surface area contributed by atoms with Gasteiger partial charge in [0.15, 0.2) is 0 Å². The molecule has 0 bridgehead atoms. The van der Waals surface area contributed by atoms with Gasteiger partial charge < -0.3 is 9.26 Å². The summed E-state index contributed by atoms with van der Waals surface area (Å²) in [4.78, 5) is 13.2. The minimum Gasteiger partial charge on any atom is -0.496 e. The standard InChI is InChI=1S/C19H13ClN4O2/c1-25-17-9-5-2-6-13(17)18-23-19(26-24-18)14(20)10-12-11-21-15-7-3-4-8-16(15)22-12/h2-11H,1H3/b14-10-. The summed E-state index contributed by atoms with van der Waals surface area (Å²) in [5.41, 5.74) is 2.92. The van der Waals surface area contributed by atoms with Crippen LogP contribution >= 0.6 is 11.6 Å². The van der Waals surface area contributed by atoms with E-state index in [9.17, 15) is 0 Å². The number of hydrogen-bond donors (Lipinski definition) is 0. The van der Waals surface area contributed by atoms with Crippen molar-refractivity contribution in [2.45, 2.75) is 0 Å². The van der Waals surface area contributed by atoms with E-state index < -0.39 is 0 Å². The molecule has 0 saturated carbocycles. The molecule has 0 aliphatic carbocycles. The molecule has 128 valence electrons. The van der Waals surface area contributed by atoms with Gasteiger partial charge in [0.1, 0.15) is 10.8 Å². The van der Waals surface area contributed by atoms with Gasteiger partial charge in [-0.25, -0.2) is 4.98 Å². The Kier molecular flexibility index (Phi) is 4.33. The smallest absolute Gasteiger partial charge is 0.269 e. The van der Waals surface area contributed by atoms with Crippen LogP contribution in [0.15, 0.2) is 59.3 Å². The zero-order valence-corrected chi connectivity index (χ0v) is 14.5. The van der Waals surface area contributed by atoms with Gasteiger partial charge in [0, 0.05) is 0 Å². The van der Waals surface area contributed by atoms with Crippen molar-refractivity contribution in [2.24, 2.45) is 0 Å². The van der Waals surface area contributed by atoms with Crippen LogP contribution in [0.25, 0.3) is 33.5 Å². The number of aromatic nitrogens is 4. The van der Waals surface area contributed by atoms with E-state index in [0.29, 0.717) is 17.3 Å². The summed E-state index contributed by atoms with van der Waals surface area (Å²) in [6.45, 7) is 0. The average molecular weight is 365 g/mol. The zero-order valence-electron chi connectivity index (χ0n) is 13.8. The van der Waals surface area contributed by atoms with Crippen LogP contribution in [0.5, 0.6) is 5.75 Å². The lowest BCUT2D eigenvalue weighted by molar-refractivity contribution is 0.406. The molecule has 0 unspecified atom stereocenters. The van der Waals surface area contributed by atoms with Crippen molar-refractivity contribution in [1.82, 2.24) is 20.1 Å². The predicted octanol–water partition coefficient (Wildman–Crippen LogP) is 4.43. The maximum Gasteiger partial charge on any atom is 0.269 e. The van der Waals surface area contributed by atoms with Gasteiger partial charge in [-0.3, -0.25) is 4.98 Å². The molecular formula is C19H13ClN4O2. The molecular weight excluding hydrogens is 352 g/mol. The highest BCUT2D eigenvalue weighted by molar-refractivity contribution is 6.50. The molecule has 0 radical (unpaired) electrons. The Hall–Kier alpha value is -3.25. The van der Waals surface area contributed by atoms with E-state index in [2.05, 4.69) is 20.1 Å². The molecule has 0 N–H and O–H groups in total. The third-order valence-corrected chi connectivity index (χ3v) is 3.99. The van der Waals surface area contributed by atoms with Crippen molar-refractivity contribution < 1.29 is 9.26 Å². The number of rotatable bonds is 4. The van der Waals surface area contributed by atoms with Crippen molar-refractivity contribution in [3.05, 3.63) is 66.3 Å². The molecule has 0 atom stereocenters. The van der Waals surface area contributed by atoms with Crippen LogP contribution in [-0.4, -0.2) is 27.2 Å². The number of hydrogen-bond acceptors (Lipinski definition) is 6. The Morgan fingerprint density at radius 1 is 1.04 bits per heavy atom. The summed E-state index contributed by atoms with van der Waals surface area (Å²) in [5, 5.41) is 4.26. The average Bonchev–Trinajstić information content (AvgIpc) is 3.18. The monoisotopic (exact) mass is 364 g/mol. The summed E-state index contributed by atoms with van der Waals surface area (Å²) in [6, 6.07) is 15.0. The molecule has 0 saturated heterocycles. The van der Waals surface area contributed by atoms with Gasteiger partial charge in [0.25, 0.3) is 5.89 Å². The molecule has 0 amide bonds. The van der Waals surface area contributed by atoms with Crippen LogP contribution in [-0.2, 0) is 0 Å². The normalized spacial score (nSPS) is 11.7. The van der Waals surface area contributed by atoms with Crippen LogP contribution in [0.4, 0.5) is 0 Å². The van der Waals surface area contributed by atoms with Crippen molar-refractivity contribution in [1.29, 1.82) is 0 Å². The van der Waals surface area contributed by atoms with E-state index >= 15 is 0 Å². The second-order valence-electron chi connectivity index (χ2n) is 5.40. The van der Waals surface area contributed by atoms with Gasteiger partial charge in [0.2, 0.25) is 5.82 Å². The highest BCUT2D eigenvalue weighted by Crippen LogP contribution is 2.29. The molecule has 7 heteroatoms. The Morgan fingerprint density at radius 2 is 1.81 bits per heavy atom. The van der Waals surface area contributed by atoms with Crippen molar-refractivity contribution in [3.8, 4) is 17.1 Å². The van der Waals surface area contributed by atoms with E-state index in [4.69, 9.17) is 20.9 Å². The minimum atomic E-state index is 0.197.